The molecule has 0 spiro atoms. The van der Waals surface area contributed by atoms with Crippen molar-refractivity contribution in [2.45, 2.75) is 51.6 Å². The monoisotopic (exact) mass is 614 g/mol. The summed E-state index contributed by atoms with van der Waals surface area (Å²) in [7, 11) is 4.07. The Labute approximate surface area is 268 Å². The summed E-state index contributed by atoms with van der Waals surface area (Å²) < 4.78 is 0. The third-order valence-corrected chi connectivity index (χ3v) is 10.5. The first-order chi connectivity index (χ1) is 22.2. The molecule has 3 heterocycles. The Hall–Kier alpha value is -4.94. The number of aromatic amines is 1. The Morgan fingerprint density at radius 2 is 1.83 bits per heavy atom. The van der Waals surface area contributed by atoms with Crippen molar-refractivity contribution in [3.05, 3.63) is 87.6 Å². The lowest BCUT2D eigenvalue weighted by Crippen LogP contribution is -2.47. The van der Waals surface area contributed by atoms with E-state index in [9.17, 15) is 19.6 Å². The van der Waals surface area contributed by atoms with E-state index in [1.165, 1.54) is 0 Å². The predicted molar refractivity (Wildman–Crippen MR) is 177 cm³/mol. The van der Waals surface area contributed by atoms with E-state index in [0.29, 0.717) is 41.6 Å². The van der Waals surface area contributed by atoms with Crippen molar-refractivity contribution in [3.63, 3.8) is 0 Å². The molecule has 1 unspecified atom stereocenters. The summed E-state index contributed by atoms with van der Waals surface area (Å²) >= 11 is 0. The molecule has 1 fully saturated rings. The van der Waals surface area contributed by atoms with Gasteiger partial charge in [-0.3, -0.25) is 14.4 Å². The topological polar surface area (TPSA) is 127 Å². The number of aryl methyl sites for hydroxylation is 1. The van der Waals surface area contributed by atoms with E-state index in [1.807, 2.05) is 49.2 Å². The van der Waals surface area contributed by atoms with Gasteiger partial charge in [0.1, 0.15) is 0 Å². The highest BCUT2D eigenvalue weighted by Crippen LogP contribution is 2.42. The second-order valence-electron chi connectivity index (χ2n) is 13.1. The van der Waals surface area contributed by atoms with Crippen LogP contribution in [0.25, 0.3) is 22.0 Å². The number of piperidine rings is 1. The summed E-state index contributed by atoms with van der Waals surface area (Å²) in [6.07, 6.45) is 4.01. The van der Waals surface area contributed by atoms with Crippen molar-refractivity contribution in [2.24, 2.45) is 11.7 Å². The third kappa shape index (κ3) is 4.85. The molecule has 1 atom stereocenters. The molecule has 3 N–H and O–H groups in total. The molecule has 234 valence electrons. The molecular weight excluding hydrogens is 576 g/mol. The molecule has 9 nitrogen and oxygen atoms in total. The molecule has 3 amide bonds. The zero-order chi connectivity index (χ0) is 32.3. The quantitative estimate of drug-likeness (QED) is 0.330. The number of H-pyrrole nitrogens is 1. The predicted octanol–water partition coefficient (Wildman–Crippen LogP) is 4.93. The van der Waals surface area contributed by atoms with Crippen LogP contribution in [0.3, 0.4) is 0 Å². The number of fused-ring (bicyclic) bond motifs is 4. The van der Waals surface area contributed by atoms with Crippen LogP contribution in [0, 0.1) is 24.2 Å². The zero-order valence-electron chi connectivity index (χ0n) is 26.5. The van der Waals surface area contributed by atoms with E-state index in [2.05, 4.69) is 23.0 Å². The number of benzene rings is 3. The van der Waals surface area contributed by atoms with Crippen LogP contribution >= 0.6 is 0 Å². The molecular formula is C37H38N6O3. The number of aromatic nitrogens is 1. The van der Waals surface area contributed by atoms with Gasteiger partial charge in [-0.25, -0.2) is 0 Å². The fraction of sp³-hybridized carbons (Fsp3) is 0.351. The van der Waals surface area contributed by atoms with Gasteiger partial charge < -0.3 is 25.4 Å². The zero-order valence-corrected chi connectivity index (χ0v) is 26.5. The fourth-order valence-electron chi connectivity index (χ4n) is 7.80. The maximum absolute atomic E-state index is 13.7. The number of amides is 3. The minimum atomic E-state index is -0.507. The highest BCUT2D eigenvalue weighted by molar-refractivity contribution is 6.13. The number of nitrogens with two attached hydrogens (primary N) is 1. The number of carbonyl (C=O) groups is 3. The fourth-order valence-corrected chi connectivity index (χ4v) is 7.80. The molecule has 3 aromatic carbocycles. The van der Waals surface area contributed by atoms with Gasteiger partial charge in [0, 0.05) is 41.3 Å². The summed E-state index contributed by atoms with van der Waals surface area (Å²) in [5.74, 6) is -0.565. The maximum atomic E-state index is 13.7. The van der Waals surface area contributed by atoms with E-state index in [-0.39, 0.29) is 23.8 Å². The largest absolute Gasteiger partial charge is 0.366 e. The van der Waals surface area contributed by atoms with Gasteiger partial charge in [-0.1, -0.05) is 24.3 Å². The number of primary amides is 1. The van der Waals surface area contributed by atoms with Crippen LogP contribution in [0.4, 0.5) is 5.69 Å². The van der Waals surface area contributed by atoms with Gasteiger partial charge in [0.05, 0.1) is 29.3 Å². The van der Waals surface area contributed by atoms with E-state index in [0.717, 1.165) is 76.9 Å². The molecule has 9 heteroatoms. The minimum absolute atomic E-state index is 0.124. The lowest BCUT2D eigenvalue weighted by Gasteiger charge is -2.37. The number of likely N-dealkylation sites (tertiary alicyclic amines) is 1. The Morgan fingerprint density at radius 3 is 2.57 bits per heavy atom. The van der Waals surface area contributed by atoms with Crippen molar-refractivity contribution in [2.75, 3.05) is 32.1 Å². The number of hydrogen-bond donors (Lipinski definition) is 2. The van der Waals surface area contributed by atoms with Crippen LogP contribution in [0.1, 0.15) is 67.9 Å². The molecule has 0 radical (unpaired) electrons. The SMILES string of the molecule is Cc1c(-c2ccc(C(N)=O)c3[nH]c4c(c23)CCC(C(=O)N(C)C2CCN(C)CC2)C4)cccc1N1Cc2ccc(C#N)cc2C1=O. The van der Waals surface area contributed by atoms with Crippen LogP contribution in [-0.4, -0.2) is 65.7 Å². The number of nitrogens with zero attached hydrogens (tertiary/aromatic N) is 4. The van der Waals surface area contributed by atoms with Gasteiger partial charge in [0.2, 0.25) is 5.91 Å². The summed E-state index contributed by atoms with van der Waals surface area (Å²) in [6.45, 7) is 4.45. The molecule has 1 aliphatic carbocycles. The normalized spacial score (nSPS) is 18.3. The first kappa shape index (κ1) is 29.8. The number of anilines is 1. The lowest BCUT2D eigenvalue weighted by atomic mass is 9.83. The first-order valence-corrected chi connectivity index (χ1v) is 16.0. The van der Waals surface area contributed by atoms with E-state index >= 15 is 0 Å². The van der Waals surface area contributed by atoms with Crippen LogP contribution in [0.15, 0.2) is 48.5 Å². The molecule has 1 saturated heterocycles. The van der Waals surface area contributed by atoms with Crippen LogP contribution in [-0.2, 0) is 24.2 Å². The molecule has 0 bridgehead atoms. The summed E-state index contributed by atoms with van der Waals surface area (Å²) in [4.78, 5) is 49.4. The number of hydrogen-bond acceptors (Lipinski definition) is 5. The van der Waals surface area contributed by atoms with Crippen LogP contribution in [0.5, 0.6) is 0 Å². The van der Waals surface area contributed by atoms with Gasteiger partial charge in [0.25, 0.3) is 11.8 Å². The van der Waals surface area contributed by atoms with Crippen molar-refractivity contribution in [3.8, 4) is 17.2 Å². The molecule has 7 rings (SSSR count). The van der Waals surface area contributed by atoms with Crippen molar-refractivity contribution in [1.82, 2.24) is 14.8 Å². The van der Waals surface area contributed by atoms with E-state index in [1.54, 1.807) is 23.1 Å². The van der Waals surface area contributed by atoms with Gasteiger partial charge in [0.15, 0.2) is 0 Å². The third-order valence-electron chi connectivity index (χ3n) is 10.5. The molecule has 3 aliphatic rings. The minimum Gasteiger partial charge on any atom is -0.366 e. The van der Waals surface area contributed by atoms with Gasteiger partial charge in [-0.2, -0.15) is 5.26 Å². The smallest absolute Gasteiger partial charge is 0.258 e. The Morgan fingerprint density at radius 1 is 1.04 bits per heavy atom. The van der Waals surface area contributed by atoms with Gasteiger partial charge in [-0.15, -0.1) is 0 Å². The number of nitriles is 1. The lowest BCUT2D eigenvalue weighted by molar-refractivity contribution is -0.137. The first-order valence-electron chi connectivity index (χ1n) is 16.0. The number of rotatable bonds is 5. The average Bonchev–Trinajstić information content (AvgIpc) is 3.61. The standard InChI is InChI=1S/C37H38N6O3/c1-21-26(5-4-6-32(21)43-20-24-8-7-22(19-38)17-30(24)37(43)46)27-11-12-29(35(39)44)34-33(27)28-10-9-23(18-31(28)40-34)36(45)42(3)25-13-15-41(2)16-14-25/h4-8,11-12,17,23,25,40H,9-10,13-16,18,20H2,1-3H3,(H2,39,44). The molecule has 4 aromatic rings. The molecule has 46 heavy (non-hydrogen) atoms. The summed E-state index contributed by atoms with van der Waals surface area (Å²) in [5.41, 5.74) is 14.7. The maximum Gasteiger partial charge on any atom is 0.258 e. The highest BCUT2D eigenvalue weighted by Gasteiger charge is 2.34. The van der Waals surface area contributed by atoms with Gasteiger partial charge in [-0.05, 0) is 111 Å². The molecule has 1 aromatic heterocycles. The second-order valence-corrected chi connectivity index (χ2v) is 13.1. The number of carbonyl (C=O) groups excluding carboxylic acids is 3. The van der Waals surface area contributed by atoms with Crippen molar-refractivity contribution >= 4 is 34.3 Å². The second kappa shape index (κ2) is 11.5. The average molecular weight is 615 g/mol. The van der Waals surface area contributed by atoms with Crippen LogP contribution < -0.4 is 10.6 Å². The number of nitrogens with one attached hydrogen (secondary N) is 1. The van der Waals surface area contributed by atoms with E-state index < -0.39 is 5.91 Å². The highest BCUT2D eigenvalue weighted by atomic mass is 16.2. The van der Waals surface area contributed by atoms with Crippen molar-refractivity contribution < 1.29 is 14.4 Å². The summed E-state index contributed by atoms with van der Waals surface area (Å²) in [5, 5.41) is 10.3. The Bertz CT molecular complexity index is 1960. The Kier molecular flexibility index (Phi) is 7.41. The Balaban J connectivity index is 1.25. The molecule has 2 aliphatic heterocycles. The van der Waals surface area contributed by atoms with Crippen molar-refractivity contribution in [1.29, 1.82) is 5.26 Å². The molecule has 0 saturated carbocycles. The summed E-state index contributed by atoms with van der Waals surface area (Å²) in [6, 6.07) is 17.3. The van der Waals surface area contributed by atoms with Gasteiger partial charge >= 0.3 is 0 Å². The van der Waals surface area contributed by atoms with E-state index in [4.69, 9.17) is 5.73 Å². The van der Waals surface area contributed by atoms with Crippen LogP contribution in [0.2, 0.25) is 0 Å².